The van der Waals surface area contributed by atoms with Gasteiger partial charge in [0.1, 0.15) is 5.75 Å². The van der Waals surface area contributed by atoms with Crippen LogP contribution < -0.4 is 0 Å². The highest BCUT2D eigenvalue weighted by molar-refractivity contribution is 6.30. The lowest BCUT2D eigenvalue weighted by Crippen LogP contribution is -2.48. The second kappa shape index (κ2) is 7.24. The first-order valence-corrected chi connectivity index (χ1v) is 8.46. The maximum Gasteiger partial charge on any atom is 0.257 e. The van der Waals surface area contributed by atoms with Crippen molar-refractivity contribution in [2.75, 3.05) is 26.2 Å². The average Bonchev–Trinajstić information content (AvgIpc) is 2.59. The van der Waals surface area contributed by atoms with Crippen molar-refractivity contribution in [1.82, 2.24) is 9.80 Å². The molecular formula is C19H21ClN2O2. The molecule has 1 fully saturated rings. The number of phenolic OH excluding ortho intramolecular Hbond substituents is 1. The summed E-state index contributed by atoms with van der Waals surface area (Å²) in [6.45, 7) is 5.75. The Hall–Kier alpha value is -2.04. The minimum absolute atomic E-state index is 0.0502. The van der Waals surface area contributed by atoms with Crippen LogP contribution in [0.25, 0.3) is 0 Å². The molecule has 0 bridgehead atoms. The van der Waals surface area contributed by atoms with Crippen molar-refractivity contribution in [2.24, 2.45) is 0 Å². The van der Waals surface area contributed by atoms with E-state index in [0.717, 1.165) is 30.2 Å². The van der Waals surface area contributed by atoms with Gasteiger partial charge in [0.25, 0.3) is 5.91 Å². The third kappa shape index (κ3) is 3.89. The normalized spacial score (nSPS) is 15.5. The molecule has 0 saturated carbocycles. The Balaban J connectivity index is 1.59. The number of nitrogens with zero attached hydrogens (tertiary/aromatic N) is 2. The van der Waals surface area contributed by atoms with Crippen LogP contribution in [0, 0.1) is 6.92 Å². The Bertz CT molecular complexity index is 723. The molecule has 0 atom stereocenters. The summed E-state index contributed by atoms with van der Waals surface area (Å²) < 4.78 is 0. The monoisotopic (exact) mass is 344 g/mol. The number of halogens is 1. The number of benzene rings is 2. The Labute approximate surface area is 147 Å². The zero-order chi connectivity index (χ0) is 17.1. The number of aromatic hydroxyl groups is 1. The van der Waals surface area contributed by atoms with Gasteiger partial charge in [-0.3, -0.25) is 9.69 Å². The van der Waals surface area contributed by atoms with Gasteiger partial charge in [0.15, 0.2) is 0 Å². The smallest absolute Gasteiger partial charge is 0.257 e. The van der Waals surface area contributed by atoms with E-state index in [1.165, 1.54) is 5.56 Å². The van der Waals surface area contributed by atoms with Gasteiger partial charge >= 0.3 is 0 Å². The van der Waals surface area contributed by atoms with E-state index < -0.39 is 0 Å². The summed E-state index contributed by atoms with van der Waals surface area (Å²) in [7, 11) is 0. The van der Waals surface area contributed by atoms with Gasteiger partial charge in [0, 0.05) is 37.7 Å². The lowest BCUT2D eigenvalue weighted by molar-refractivity contribution is 0.0625. The third-order valence-corrected chi connectivity index (χ3v) is 4.61. The molecule has 1 aliphatic rings. The van der Waals surface area contributed by atoms with Crippen LogP contribution in [0.2, 0.25) is 5.02 Å². The summed E-state index contributed by atoms with van der Waals surface area (Å²) in [5.74, 6) is -0.0449. The topological polar surface area (TPSA) is 43.8 Å². The van der Waals surface area contributed by atoms with Gasteiger partial charge in [0.05, 0.1) is 5.56 Å². The molecule has 0 unspecified atom stereocenters. The summed E-state index contributed by atoms with van der Waals surface area (Å²) >= 11 is 5.91. The van der Waals surface area contributed by atoms with Crippen LogP contribution >= 0.6 is 11.6 Å². The molecule has 2 aromatic carbocycles. The molecule has 1 amide bonds. The summed E-state index contributed by atoms with van der Waals surface area (Å²) in [6.07, 6.45) is 0. The maximum atomic E-state index is 12.6. The predicted molar refractivity (Wildman–Crippen MR) is 95.5 cm³/mol. The largest absolute Gasteiger partial charge is 0.507 e. The molecule has 24 heavy (non-hydrogen) atoms. The molecule has 2 aromatic rings. The molecule has 1 heterocycles. The van der Waals surface area contributed by atoms with Gasteiger partial charge < -0.3 is 10.0 Å². The first-order valence-electron chi connectivity index (χ1n) is 8.08. The summed E-state index contributed by atoms with van der Waals surface area (Å²) in [4.78, 5) is 16.7. The number of phenols is 1. The van der Waals surface area contributed by atoms with Crippen molar-refractivity contribution in [3.05, 3.63) is 64.2 Å². The van der Waals surface area contributed by atoms with Gasteiger partial charge in [-0.2, -0.15) is 0 Å². The van der Waals surface area contributed by atoms with Gasteiger partial charge in [-0.15, -0.1) is 0 Å². The zero-order valence-corrected chi connectivity index (χ0v) is 14.5. The number of rotatable bonds is 3. The quantitative estimate of drug-likeness (QED) is 0.929. The highest BCUT2D eigenvalue weighted by Gasteiger charge is 2.24. The fraction of sp³-hybridized carbons (Fsp3) is 0.316. The molecule has 1 saturated heterocycles. The van der Waals surface area contributed by atoms with Crippen LogP contribution in [0.4, 0.5) is 0 Å². The Morgan fingerprint density at radius 2 is 1.75 bits per heavy atom. The van der Waals surface area contributed by atoms with Crippen molar-refractivity contribution in [3.63, 3.8) is 0 Å². The van der Waals surface area contributed by atoms with E-state index in [-0.39, 0.29) is 11.7 Å². The standard InChI is InChI=1S/C19H21ClN2O2/c1-14-2-7-18(23)17(12-14)19(24)22-10-8-21(9-11-22)13-15-3-5-16(20)6-4-15/h2-7,12,23H,8-11,13H2,1H3. The summed E-state index contributed by atoms with van der Waals surface area (Å²) in [5, 5.41) is 10.7. The van der Waals surface area contributed by atoms with Gasteiger partial charge in [-0.25, -0.2) is 0 Å². The Kier molecular flexibility index (Phi) is 5.07. The van der Waals surface area contributed by atoms with E-state index in [2.05, 4.69) is 4.90 Å². The number of aryl methyl sites for hydroxylation is 1. The SMILES string of the molecule is Cc1ccc(O)c(C(=O)N2CCN(Cc3ccc(Cl)cc3)CC2)c1. The Morgan fingerprint density at radius 3 is 2.42 bits per heavy atom. The lowest BCUT2D eigenvalue weighted by atomic mass is 10.1. The highest BCUT2D eigenvalue weighted by Crippen LogP contribution is 2.21. The molecule has 1 aliphatic heterocycles. The molecule has 5 heteroatoms. The van der Waals surface area contributed by atoms with E-state index in [9.17, 15) is 9.90 Å². The predicted octanol–water partition coefficient (Wildman–Crippen LogP) is 3.31. The number of amides is 1. The maximum absolute atomic E-state index is 12.6. The molecule has 1 N–H and O–H groups in total. The van der Waals surface area contributed by atoms with E-state index in [0.29, 0.717) is 18.7 Å². The molecule has 3 rings (SSSR count). The molecule has 4 nitrogen and oxygen atoms in total. The number of hydrogen-bond acceptors (Lipinski definition) is 3. The van der Waals surface area contributed by atoms with E-state index >= 15 is 0 Å². The second-order valence-corrected chi connectivity index (χ2v) is 6.65. The number of carbonyl (C=O) groups excluding carboxylic acids is 1. The summed E-state index contributed by atoms with van der Waals surface area (Å²) in [6, 6.07) is 13.0. The van der Waals surface area contributed by atoms with Crippen molar-refractivity contribution >= 4 is 17.5 Å². The molecule has 0 aliphatic carbocycles. The molecule has 0 aromatic heterocycles. The molecule has 0 spiro atoms. The minimum atomic E-state index is -0.0951. The first kappa shape index (κ1) is 16.8. The van der Waals surface area contributed by atoms with E-state index in [1.807, 2.05) is 36.1 Å². The van der Waals surface area contributed by atoms with Crippen molar-refractivity contribution in [2.45, 2.75) is 13.5 Å². The zero-order valence-electron chi connectivity index (χ0n) is 13.7. The van der Waals surface area contributed by atoms with E-state index in [4.69, 9.17) is 11.6 Å². The van der Waals surface area contributed by atoms with Gasteiger partial charge in [-0.1, -0.05) is 35.4 Å². The first-order chi connectivity index (χ1) is 11.5. The molecule has 0 radical (unpaired) electrons. The van der Waals surface area contributed by atoms with E-state index in [1.54, 1.807) is 18.2 Å². The van der Waals surface area contributed by atoms with Crippen LogP contribution in [-0.4, -0.2) is 47.0 Å². The fourth-order valence-corrected chi connectivity index (χ4v) is 3.07. The van der Waals surface area contributed by atoms with Crippen LogP contribution in [0.1, 0.15) is 21.5 Å². The van der Waals surface area contributed by atoms with Crippen LogP contribution in [-0.2, 0) is 6.54 Å². The summed E-state index contributed by atoms with van der Waals surface area (Å²) in [5.41, 5.74) is 2.58. The second-order valence-electron chi connectivity index (χ2n) is 6.22. The highest BCUT2D eigenvalue weighted by atomic mass is 35.5. The number of carbonyl (C=O) groups is 1. The van der Waals surface area contributed by atoms with Gasteiger partial charge in [-0.05, 0) is 36.8 Å². The van der Waals surface area contributed by atoms with Gasteiger partial charge in [0.2, 0.25) is 0 Å². The van der Waals surface area contributed by atoms with Crippen LogP contribution in [0.5, 0.6) is 5.75 Å². The minimum Gasteiger partial charge on any atom is -0.507 e. The molecule has 126 valence electrons. The van der Waals surface area contributed by atoms with Crippen molar-refractivity contribution in [3.8, 4) is 5.75 Å². The van der Waals surface area contributed by atoms with Crippen LogP contribution in [0.3, 0.4) is 0 Å². The molecular weight excluding hydrogens is 324 g/mol. The lowest BCUT2D eigenvalue weighted by Gasteiger charge is -2.35. The number of piperazine rings is 1. The van der Waals surface area contributed by atoms with Crippen molar-refractivity contribution in [1.29, 1.82) is 0 Å². The average molecular weight is 345 g/mol. The van der Waals surface area contributed by atoms with Crippen molar-refractivity contribution < 1.29 is 9.90 Å². The number of hydrogen-bond donors (Lipinski definition) is 1. The van der Waals surface area contributed by atoms with Crippen LogP contribution in [0.15, 0.2) is 42.5 Å². The third-order valence-electron chi connectivity index (χ3n) is 4.36. The Morgan fingerprint density at radius 1 is 1.08 bits per heavy atom. The fourth-order valence-electron chi connectivity index (χ4n) is 2.95.